The molecular weight excluding hydrogens is 288 g/mol. The van der Waals surface area contributed by atoms with Gasteiger partial charge in [0.15, 0.2) is 0 Å². The van der Waals surface area contributed by atoms with E-state index in [2.05, 4.69) is 32.7 Å². The highest BCUT2D eigenvalue weighted by molar-refractivity contribution is 6.01. The van der Waals surface area contributed by atoms with Crippen molar-refractivity contribution in [3.63, 3.8) is 0 Å². The number of nitrogens with one attached hydrogen (secondary N) is 2. The van der Waals surface area contributed by atoms with Crippen LogP contribution in [0.15, 0.2) is 54.9 Å². The number of carbonyl (C=O) groups excluding carboxylic acids is 1. The number of anilines is 1. The Morgan fingerprint density at radius 3 is 2.78 bits per heavy atom. The lowest BCUT2D eigenvalue weighted by molar-refractivity contribution is -0.118. The van der Waals surface area contributed by atoms with Crippen molar-refractivity contribution in [1.82, 2.24) is 15.3 Å². The number of hydrogen-bond acceptors (Lipinski definition) is 4. The molecule has 0 bridgehead atoms. The van der Waals surface area contributed by atoms with Crippen molar-refractivity contribution in [1.29, 1.82) is 0 Å². The smallest absolute Gasteiger partial charge is 0.241 e. The quantitative estimate of drug-likeness (QED) is 0.762. The van der Waals surface area contributed by atoms with Crippen molar-refractivity contribution in [2.45, 2.75) is 19.0 Å². The second kappa shape index (κ2) is 5.78. The second-order valence-electron chi connectivity index (χ2n) is 5.63. The van der Waals surface area contributed by atoms with E-state index in [1.807, 2.05) is 30.3 Å². The van der Waals surface area contributed by atoms with Crippen LogP contribution in [0.5, 0.6) is 0 Å². The Kier molecular flexibility index (Phi) is 3.48. The molecule has 5 heteroatoms. The van der Waals surface area contributed by atoms with E-state index in [4.69, 9.17) is 0 Å². The molecule has 3 aromatic rings. The van der Waals surface area contributed by atoms with Gasteiger partial charge in [0.2, 0.25) is 5.91 Å². The van der Waals surface area contributed by atoms with Gasteiger partial charge in [0, 0.05) is 18.9 Å². The van der Waals surface area contributed by atoms with Crippen LogP contribution in [0, 0.1) is 0 Å². The van der Waals surface area contributed by atoms with Crippen LogP contribution >= 0.6 is 0 Å². The lowest BCUT2D eigenvalue weighted by Crippen LogP contribution is -2.44. The number of para-hydroxylation sites is 1. The molecule has 1 aliphatic heterocycles. The Bertz CT molecular complexity index is 872. The molecule has 0 spiro atoms. The van der Waals surface area contributed by atoms with Crippen LogP contribution in [0.2, 0.25) is 0 Å². The van der Waals surface area contributed by atoms with Crippen LogP contribution in [-0.4, -0.2) is 21.9 Å². The van der Waals surface area contributed by atoms with Gasteiger partial charge in [-0.3, -0.25) is 14.8 Å². The van der Waals surface area contributed by atoms with Crippen molar-refractivity contribution >= 4 is 22.6 Å². The van der Waals surface area contributed by atoms with E-state index in [1.54, 1.807) is 12.4 Å². The van der Waals surface area contributed by atoms with Gasteiger partial charge < -0.3 is 10.6 Å². The summed E-state index contributed by atoms with van der Waals surface area (Å²) in [6.07, 6.45) is 3.97. The first kappa shape index (κ1) is 13.8. The molecule has 23 heavy (non-hydrogen) atoms. The summed E-state index contributed by atoms with van der Waals surface area (Å²) in [5.41, 5.74) is 4.66. The summed E-state index contributed by atoms with van der Waals surface area (Å²) >= 11 is 0. The fourth-order valence-electron chi connectivity index (χ4n) is 2.95. The molecule has 2 heterocycles. The van der Waals surface area contributed by atoms with Gasteiger partial charge in [0.05, 0.1) is 17.2 Å². The molecule has 1 amide bonds. The minimum absolute atomic E-state index is 0.0438. The summed E-state index contributed by atoms with van der Waals surface area (Å²) in [5.74, 6) is -0.0438. The molecule has 0 radical (unpaired) electrons. The Morgan fingerprint density at radius 2 is 1.87 bits per heavy atom. The third-order valence-electron chi connectivity index (χ3n) is 4.15. The number of aromatic nitrogens is 2. The third kappa shape index (κ3) is 2.66. The van der Waals surface area contributed by atoms with Gasteiger partial charge in [0.25, 0.3) is 0 Å². The molecule has 1 aromatic heterocycles. The second-order valence-corrected chi connectivity index (χ2v) is 5.63. The number of rotatable bonds is 2. The molecule has 0 saturated carbocycles. The van der Waals surface area contributed by atoms with Crippen molar-refractivity contribution in [3.05, 3.63) is 66.0 Å². The first-order valence-electron chi connectivity index (χ1n) is 7.62. The maximum atomic E-state index is 12.6. The topological polar surface area (TPSA) is 66.9 Å². The molecule has 0 aliphatic carbocycles. The molecule has 0 fully saturated rings. The Balaban J connectivity index is 1.56. The SMILES string of the molecule is O=C(Nc1cccc2nccnc12)[C@H]1Cc2ccccc2CN1. The Labute approximate surface area is 133 Å². The van der Waals surface area contributed by atoms with Crippen LogP contribution in [0.25, 0.3) is 11.0 Å². The fourth-order valence-corrected chi connectivity index (χ4v) is 2.95. The van der Waals surface area contributed by atoms with E-state index in [0.29, 0.717) is 24.2 Å². The molecule has 4 rings (SSSR count). The highest BCUT2D eigenvalue weighted by Crippen LogP contribution is 2.21. The molecule has 0 unspecified atom stereocenters. The zero-order valence-electron chi connectivity index (χ0n) is 12.5. The van der Waals surface area contributed by atoms with E-state index in [-0.39, 0.29) is 11.9 Å². The van der Waals surface area contributed by atoms with Gasteiger partial charge in [-0.1, -0.05) is 30.3 Å². The number of carbonyl (C=O) groups is 1. The van der Waals surface area contributed by atoms with Gasteiger partial charge in [-0.2, -0.15) is 0 Å². The number of amides is 1. The van der Waals surface area contributed by atoms with Crippen LogP contribution in [-0.2, 0) is 17.8 Å². The molecule has 114 valence electrons. The summed E-state index contributed by atoms with van der Waals surface area (Å²) in [6, 6.07) is 13.6. The van der Waals surface area contributed by atoms with Crippen molar-refractivity contribution < 1.29 is 4.79 Å². The summed E-state index contributed by atoms with van der Waals surface area (Å²) in [6.45, 7) is 0.712. The molecular formula is C18H16N4O. The van der Waals surface area contributed by atoms with Gasteiger partial charge in [0.1, 0.15) is 5.52 Å². The van der Waals surface area contributed by atoms with Crippen molar-refractivity contribution in [3.8, 4) is 0 Å². The van der Waals surface area contributed by atoms with E-state index < -0.39 is 0 Å². The van der Waals surface area contributed by atoms with Gasteiger partial charge in [-0.25, -0.2) is 0 Å². The highest BCUT2D eigenvalue weighted by Gasteiger charge is 2.24. The standard InChI is InChI=1S/C18H16N4O/c23-18(16-10-12-4-1-2-5-13(12)11-21-16)22-15-7-3-6-14-17(15)20-9-8-19-14/h1-9,16,21H,10-11H2,(H,22,23)/t16-/m1/s1. The maximum absolute atomic E-state index is 12.6. The number of fused-ring (bicyclic) bond motifs is 2. The van der Waals surface area contributed by atoms with E-state index in [1.165, 1.54) is 11.1 Å². The summed E-state index contributed by atoms with van der Waals surface area (Å²) in [5, 5.41) is 6.28. The predicted octanol–water partition coefficient (Wildman–Crippen LogP) is 2.28. The minimum atomic E-state index is -0.239. The van der Waals surface area contributed by atoms with Gasteiger partial charge >= 0.3 is 0 Å². The Morgan fingerprint density at radius 1 is 1.04 bits per heavy atom. The lowest BCUT2D eigenvalue weighted by Gasteiger charge is -2.25. The number of nitrogens with zero attached hydrogens (tertiary/aromatic N) is 2. The molecule has 2 aromatic carbocycles. The van der Waals surface area contributed by atoms with Crippen LogP contribution < -0.4 is 10.6 Å². The molecule has 1 atom stereocenters. The van der Waals surface area contributed by atoms with Gasteiger partial charge in [-0.15, -0.1) is 0 Å². The van der Waals surface area contributed by atoms with Crippen LogP contribution in [0.1, 0.15) is 11.1 Å². The summed E-state index contributed by atoms with van der Waals surface area (Å²) in [4.78, 5) is 21.2. The first-order chi connectivity index (χ1) is 11.3. The minimum Gasteiger partial charge on any atom is -0.323 e. The fraction of sp³-hybridized carbons (Fsp3) is 0.167. The Hall–Kier alpha value is -2.79. The van der Waals surface area contributed by atoms with Gasteiger partial charge in [-0.05, 0) is 29.7 Å². The van der Waals surface area contributed by atoms with Crippen LogP contribution in [0.4, 0.5) is 5.69 Å². The van der Waals surface area contributed by atoms with Crippen molar-refractivity contribution in [2.75, 3.05) is 5.32 Å². The van der Waals surface area contributed by atoms with E-state index >= 15 is 0 Å². The summed E-state index contributed by atoms with van der Waals surface area (Å²) in [7, 11) is 0. The predicted molar refractivity (Wildman–Crippen MR) is 88.9 cm³/mol. The average molecular weight is 304 g/mol. The normalized spacial score (nSPS) is 16.8. The van der Waals surface area contributed by atoms with E-state index in [0.717, 1.165) is 5.52 Å². The number of hydrogen-bond donors (Lipinski definition) is 2. The third-order valence-corrected chi connectivity index (χ3v) is 4.15. The zero-order valence-corrected chi connectivity index (χ0v) is 12.5. The van der Waals surface area contributed by atoms with Crippen LogP contribution in [0.3, 0.4) is 0 Å². The molecule has 2 N–H and O–H groups in total. The first-order valence-corrected chi connectivity index (χ1v) is 7.62. The van der Waals surface area contributed by atoms with E-state index in [9.17, 15) is 4.79 Å². The number of benzene rings is 2. The molecule has 0 saturated heterocycles. The highest BCUT2D eigenvalue weighted by atomic mass is 16.2. The average Bonchev–Trinajstić information content (AvgIpc) is 2.61. The lowest BCUT2D eigenvalue weighted by atomic mass is 9.95. The molecule has 5 nitrogen and oxygen atoms in total. The molecule has 1 aliphatic rings. The van der Waals surface area contributed by atoms with Crippen molar-refractivity contribution in [2.24, 2.45) is 0 Å². The largest absolute Gasteiger partial charge is 0.323 e. The monoisotopic (exact) mass is 304 g/mol. The summed E-state index contributed by atoms with van der Waals surface area (Å²) < 4.78 is 0. The zero-order chi connectivity index (χ0) is 15.6. The maximum Gasteiger partial charge on any atom is 0.241 e.